The van der Waals surface area contributed by atoms with Gasteiger partial charge in [0.15, 0.2) is 0 Å². The van der Waals surface area contributed by atoms with Gasteiger partial charge in [-0.3, -0.25) is 0 Å². The first kappa shape index (κ1) is 9.71. The van der Waals surface area contributed by atoms with E-state index in [0.29, 0.717) is 12.0 Å². The monoisotopic (exact) mass is 238 g/mol. The highest BCUT2D eigenvalue weighted by Gasteiger charge is 2.51. The molecule has 3 heteroatoms. The predicted molar refractivity (Wildman–Crippen MR) is 64.3 cm³/mol. The van der Waals surface area contributed by atoms with Crippen LogP contribution in [0.15, 0.2) is 48.5 Å². The summed E-state index contributed by atoms with van der Waals surface area (Å²) in [5.74, 6) is -0.461. The van der Waals surface area contributed by atoms with E-state index in [1.165, 1.54) is 0 Å². The second-order valence-corrected chi connectivity index (χ2v) is 4.57. The SMILES string of the molecule is O=C1OC2(Cc3ccccc3O2)c2ccccc21. The van der Waals surface area contributed by atoms with Crippen molar-refractivity contribution in [2.75, 3.05) is 0 Å². The number of fused-ring (bicyclic) bond motifs is 3. The summed E-state index contributed by atoms with van der Waals surface area (Å²) in [7, 11) is 0. The molecule has 3 nitrogen and oxygen atoms in total. The number of hydrogen-bond acceptors (Lipinski definition) is 3. The van der Waals surface area contributed by atoms with Crippen LogP contribution in [-0.4, -0.2) is 5.97 Å². The van der Waals surface area contributed by atoms with Crippen LogP contribution in [0.25, 0.3) is 0 Å². The summed E-state index contributed by atoms with van der Waals surface area (Å²) in [5.41, 5.74) is 2.50. The molecule has 1 atom stereocenters. The van der Waals surface area contributed by atoms with Crippen molar-refractivity contribution in [2.45, 2.75) is 12.2 Å². The van der Waals surface area contributed by atoms with Crippen molar-refractivity contribution in [2.24, 2.45) is 0 Å². The molecule has 4 rings (SSSR count). The second kappa shape index (κ2) is 3.13. The molecule has 0 saturated carbocycles. The Labute approximate surface area is 104 Å². The molecule has 0 radical (unpaired) electrons. The Kier molecular flexibility index (Phi) is 1.69. The minimum atomic E-state index is -0.947. The summed E-state index contributed by atoms with van der Waals surface area (Å²) in [5, 5.41) is 0. The summed E-state index contributed by atoms with van der Waals surface area (Å²) in [4.78, 5) is 11.9. The highest BCUT2D eigenvalue weighted by Crippen LogP contribution is 2.46. The Morgan fingerprint density at radius 1 is 0.944 bits per heavy atom. The van der Waals surface area contributed by atoms with Gasteiger partial charge in [-0.15, -0.1) is 0 Å². The maximum absolute atomic E-state index is 11.9. The van der Waals surface area contributed by atoms with Gasteiger partial charge in [-0.1, -0.05) is 36.4 Å². The van der Waals surface area contributed by atoms with Gasteiger partial charge in [0, 0.05) is 5.56 Å². The molecule has 2 heterocycles. The van der Waals surface area contributed by atoms with Crippen LogP contribution in [0.2, 0.25) is 0 Å². The number of esters is 1. The van der Waals surface area contributed by atoms with Crippen LogP contribution in [0.4, 0.5) is 0 Å². The van der Waals surface area contributed by atoms with Gasteiger partial charge in [0.05, 0.1) is 17.5 Å². The van der Waals surface area contributed by atoms with Gasteiger partial charge in [0.2, 0.25) is 0 Å². The van der Waals surface area contributed by atoms with Crippen LogP contribution >= 0.6 is 0 Å². The van der Waals surface area contributed by atoms with Crippen LogP contribution in [0.5, 0.6) is 5.75 Å². The molecular formula is C15H10O3. The zero-order valence-corrected chi connectivity index (χ0v) is 9.55. The third-order valence-electron chi connectivity index (χ3n) is 3.49. The van der Waals surface area contributed by atoms with Crippen molar-refractivity contribution in [1.82, 2.24) is 0 Å². The predicted octanol–water partition coefficient (Wildman–Crippen LogP) is 2.64. The molecule has 88 valence electrons. The first-order valence-corrected chi connectivity index (χ1v) is 5.88. The van der Waals surface area contributed by atoms with Gasteiger partial charge >= 0.3 is 5.97 Å². The van der Waals surface area contributed by atoms with Gasteiger partial charge in [0.1, 0.15) is 5.75 Å². The van der Waals surface area contributed by atoms with Gasteiger partial charge in [-0.25, -0.2) is 4.79 Å². The van der Waals surface area contributed by atoms with Crippen molar-refractivity contribution in [3.63, 3.8) is 0 Å². The fourth-order valence-corrected chi connectivity index (χ4v) is 2.67. The normalized spacial score (nSPS) is 23.4. The van der Waals surface area contributed by atoms with E-state index >= 15 is 0 Å². The van der Waals surface area contributed by atoms with E-state index in [0.717, 1.165) is 16.9 Å². The van der Waals surface area contributed by atoms with Crippen molar-refractivity contribution in [3.8, 4) is 5.75 Å². The van der Waals surface area contributed by atoms with Crippen molar-refractivity contribution >= 4 is 5.97 Å². The molecule has 0 bridgehead atoms. The zero-order valence-electron chi connectivity index (χ0n) is 9.55. The third-order valence-corrected chi connectivity index (χ3v) is 3.49. The minimum absolute atomic E-state index is 0.307. The second-order valence-electron chi connectivity index (χ2n) is 4.57. The van der Waals surface area contributed by atoms with E-state index in [4.69, 9.17) is 9.47 Å². The van der Waals surface area contributed by atoms with Crippen LogP contribution in [0, 0.1) is 0 Å². The Balaban J connectivity index is 1.88. The number of rotatable bonds is 0. The first-order chi connectivity index (χ1) is 8.78. The molecule has 0 aromatic heterocycles. The van der Waals surface area contributed by atoms with Crippen molar-refractivity contribution in [1.29, 1.82) is 0 Å². The molecule has 0 N–H and O–H groups in total. The summed E-state index contributed by atoms with van der Waals surface area (Å²) >= 11 is 0. The van der Waals surface area contributed by atoms with E-state index in [9.17, 15) is 4.79 Å². The number of hydrogen-bond donors (Lipinski definition) is 0. The Morgan fingerprint density at radius 2 is 1.72 bits per heavy atom. The maximum Gasteiger partial charge on any atom is 0.342 e. The average Bonchev–Trinajstić information content (AvgIpc) is 2.89. The molecular weight excluding hydrogens is 228 g/mol. The van der Waals surface area contributed by atoms with E-state index < -0.39 is 5.79 Å². The Hall–Kier alpha value is -2.29. The molecule has 0 amide bonds. The van der Waals surface area contributed by atoms with Crippen LogP contribution in [0.3, 0.4) is 0 Å². The fraction of sp³-hybridized carbons (Fsp3) is 0.133. The standard InChI is InChI=1S/C15H10O3/c16-14-11-6-2-3-7-12(11)15(18-14)9-10-5-1-4-8-13(10)17-15/h1-8H,9H2. The van der Waals surface area contributed by atoms with Gasteiger partial charge in [-0.2, -0.15) is 0 Å². The molecule has 2 aliphatic heterocycles. The van der Waals surface area contributed by atoms with Crippen molar-refractivity contribution in [3.05, 3.63) is 65.2 Å². The lowest BCUT2D eigenvalue weighted by atomic mass is 9.98. The van der Waals surface area contributed by atoms with E-state index in [1.54, 1.807) is 6.07 Å². The molecule has 0 aliphatic carbocycles. The van der Waals surface area contributed by atoms with Gasteiger partial charge in [0.25, 0.3) is 5.79 Å². The van der Waals surface area contributed by atoms with Gasteiger partial charge in [-0.05, 0) is 12.1 Å². The zero-order chi connectivity index (χ0) is 12.2. The topological polar surface area (TPSA) is 35.5 Å². The number of benzene rings is 2. The van der Waals surface area contributed by atoms with Crippen LogP contribution in [-0.2, 0) is 16.9 Å². The molecule has 2 aliphatic rings. The molecule has 1 unspecified atom stereocenters. The number of carbonyl (C=O) groups is 1. The van der Waals surface area contributed by atoms with E-state index in [-0.39, 0.29) is 5.97 Å². The summed E-state index contributed by atoms with van der Waals surface area (Å²) < 4.78 is 11.4. The van der Waals surface area contributed by atoms with Gasteiger partial charge < -0.3 is 9.47 Å². The lowest BCUT2D eigenvalue weighted by Crippen LogP contribution is -2.31. The highest BCUT2D eigenvalue weighted by atomic mass is 16.7. The summed E-state index contributed by atoms with van der Waals surface area (Å²) in [6.45, 7) is 0. The average molecular weight is 238 g/mol. The Morgan fingerprint density at radius 3 is 2.61 bits per heavy atom. The van der Waals surface area contributed by atoms with Crippen molar-refractivity contribution < 1.29 is 14.3 Å². The van der Waals surface area contributed by atoms with E-state index in [1.807, 2.05) is 42.5 Å². The lowest BCUT2D eigenvalue weighted by Gasteiger charge is -2.22. The fourth-order valence-electron chi connectivity index (χ4n) is 2.67. The summed E-state index contributed by atoms with van der Waals surface area (Å²) in [6.07, 6.45) is 0.575. The first-order valence-electron chi connectivity index (χ1n) is 5.88. The third kappa shape index (κ3) is 1.11. The highest BCUT2D eigenvalue weighted by molar-refractivity contribution is 5.94. The molecule has 1 spiro atoms. The van der Waals surface area contributed by atoms with E-state index in [2.05, 4.69) is 0 Å². The number of carbonyl (C=O) groups excluding carboxylic acids is 1. The molecule has 0 saturated heterocycles. The van der Waals surface area contributed by atoms with Crippen LogP contribution < -0.4 is 4.74 Å². The Bertz CT molecular complexity index is 635. The number of para-hydroxylation sites is 1. The molecule has 18 heavy (non-hydrogen) atoms. The molecule has 0 fully saturated rings. The largest absolute Gasteiger partial charge is 0.447 e. The lowest BCUT2D eigenvalue weighted by molar-refractivity contribution is -0.126. The smallest absolute Gasteiger partial charge is 0.342 e. The molecule has 2 aromatic rings. The maximum atomic E-state index is 11.9. The number of ether oxygens (including phenoxy) is 2. The quantitative estimate of drug-likeness (QED) is 0.662. The summed E-state index contributed by atoms with van der Waals surface area (Å²) in [6, 6.07) is 15.2. The van der Waals surface area contributed by atoms with Crippen LogP contribution in [0.1, 0.15) is 21.5 Å². The molecule has 2 aromatic carbocycles. The minimum Gasteiger partial charge on any atom is -0.447 e.